The predicted octanol–water partition coefficient (Wildman–Crippen LogP) is 0.258. The van der Waals surface area contributed by atoms with Crippen LogP contribution in [0.25, 0.3) is 11.2 Å². The van der Waals surface area contributed by atoms with E-state index in [0.29, 0.717) is 11.4 Å². The van der Waals surface area contributed by atoms with E-state index in [1.54, 1.807) is 7.05 Å². The van der Waals surface area contributed by atoms with Gasteiger partial charge in [0.05, 0.1) is 6.20 Å². The molecule has 0 saturated heterocycles. The third-order valence-electron chi connectivity index (χ3n) is 2.07. The number of nitrogens with zero attached hydrogens (tertiary/aromatic N) is 4. The molecule has 0 bridgehead atoms. The van der Waals surface area contributed by atoms with Gasteiger partial charge in [-0.25, -0.2) is 15.0 Å². The number of thioether (sulfide) groups is 1. The Hall–Kier alpha value is -1.76. The van der Waals surface area contributed by atoms with Crippen molar-refractivity contribution in [1.82, 2.24) is 19.5 Å². The second-order valence-corrected chi connectivity index (χ2v) is 3.82. The van der Waals surface area contributed by atoms with Gasteiger partial charge in [-0.3, -0.25) is 14.2 Å². The monoisotopic (exact) mass is 236 g/mol. The molecule has 6 nitrogen and oxygen atoms in total. The van der Waals surface area contributed by atoms with Gasteiger partial charge in [0.25, 0.3) is 5.56 Å². The van der Waals surface area contributed by atoms with Gasteiger partial charge in [0.1, 0.15) is 5.69 Å². The number of carbonyl (C=O) groups is 1. The quantitative estimate of drug-likeness (QED) is 0.423. The molecule has 7 heteroatoms. The molecule has 82 valence electrons. The molecule has 0 saturated carbocycles. The van der Waals surface area contributed by atoms with Crippen LogP contribution in [0.3, 0.4) is 0 Å². The van der Waals surface area contributed by atoms with E-state index < -0.39 is 0 Å². The standard InChI is InChI=1S/C9H8N4O2S/c1-13-8(15)6-7(12-9(13)16-2)10-3-5(4-14)11-6/h3-4H,1-2H3. The van der Waals surface area contributed by atoms with Crippen molar-refractivity contribution in [3.05, 3.63) is 22.2 Å². The fourth-order valence-corrected chi connectivity index (χ4v) is 1.81. The average Bonchev–Trinajstić information content (AvgIpc) is 2.33. The van der Waals surface area contributed by atoms with Gasteiger partial charge >= 0.3 is 0 Å². The van der Waals surface area contributed by atoms with E-state index in [0.717, 1.165) is 0 Å². The molecule has 2 aromatic rings. The summed E-state index contributed by atoms with van der Waals surface area (Å²) in [6, 6.07) is 0. The number of aldehydes is 1. The minimum atomic E-state index is -0.300. The maximum atomic E-state index is 11.9. The molecule has 16 heavy (non-hydrogen) atoms. The van der Waals surface area contributed by atoms with Crippen LogP contribution < -0.4 is 5.56 Å². The number of carbonyl (C=O) groups excluding carboxylic acids is 1. The Morgan fingerprint density at radius 3 is 2.81 bits per heavy atom. The lowest BCUT2D eigenvalue weighted by atomic mass is 10.4. The van der Waals surface area contributed by atoms with Crippen LogP contribution in [-0.4, -0.2) is 32.1 Å². The summed E-state index contributed by atoms with van der Waals surface area (Å²) in [5.74, 6) is 0. The summed E-state index contributed by atoms with van der Waals surface area (Å²) in [6.07, 6.45) is 3.67. The van der Waals surface area contributed by atoms with E-state index >= 15 is 0 Å². The summed E-state index contributed by atoms with van der Waals surface area (Å²) in [4.78, 5) is 34.4. The summed E-state index contributed by atoms with van der Waals surface area (Å²) in [5, 5.41) is 0.561. The molecule has 0 fully saturated rings. The highest BCUT2D eigenvalue weighted by atomic mass is 32.2. The maximum absolute atomic E-state index is 11.9. The molecule has 2 heterocycles. The topological polar surface area (TPSA) is 77.7 Å². The van der Waals surface area contributed by atoms with Gasteiger partial charge in [0, 0.05) is 7.05 Å². The van der Waals surface area contributed by atoms with Gasteiger partial charge in [-0.15, -0.1) is 0 Å². The van der Waals surface area contributed by atoms with Crippen LogP contribution in [0.5, 0.6) is 0 Å². The highest BCUT2D eigenvalue weighted by Gasteiger charge is 2.10. The van der Waals surface area contributed by atoms with Crippen LogP contribution >= 0.6 is 11.8 Å². The van der Waals surface area contributed by atoms with Crippen LogP contribution in [0.4, 0.5) is 0 Å². The lowest BCUT2D eigenvalue weighted by Gasteiger charge is -2.04. The fraction of sp³-hybridized carbons (Fsp3) is 0.222. The zero-order chi connectivity index (χ0) is 11.7. The van der Waals surface area contributed by atoms with Crippen molar-refractivity contribution in [3.8, 4) is 0 Å². The van der Waals surface area contributed by atoms with Crippen LogP contribution in [0, 0.1) is 0 Å². The van der Waals surface area contributed by atoms with E-state index in [2.05, 4.69) is 15.0 Å². The van der Waals surface area contributed by atoms with Crippen molar-refractivity contribution in [2.45, 2.75) is 5.16 Å². The molecule has 0 unspecified atom stereocenters. The molecule has 0 aliphatic heterocycles. The van der Waals surface area contributed by atoms with Gasteiger partial charge < -0.3 is 0 Å². The second kappa shape index (κ2) is 4.01. The molecule has 0 spiro atoms. The molecule has 2 rings (SSSR count). The smallest absolute Gasteiger partial charge is 0.282 e. The fourth-order valence-electron chi connectivity index (χ4n) is 1.27. The summed E-state index contributed by atoms with van der Waals surface area (Å²) in [6.45, 7) is 0. The molecule has 0 N–H and O–H groups in total. The van der Waals surface area contributed by atoms with Gasteiger partial charge in [-0.2, -0.15) is 0 Å². The molecule has 0 aliphatic rings. The Bertz CT molecular complexity index is 623. The van der Waals surface area contributed by atoms with Crippen molar-refractivity contribution in [2.75, 3.05) is 6.26 Å². The molecule has 0 atom stereocenters. The second-order valence-electron chi connectivity index (χ2n) is 3.05. The maximum Gasteiger partial charge on any atom is 0.282 e. The number of rotatable bonds is 2. The lowest BCUT2D eigenvalue weighted by Crippen LogP contribution is -2.21. The Balaban J connectivity index is 2.87. The van der Waals surface area contributed by atoms with E-state index in [1.807, 2.05) is 6.26 Å². The lowest BCUT2D eigenvalue weighted by molar-refractivity contribution is 0.111. The Morgan fingerprint density at radius 2 is 2.19 bits per heavy atom. The minimum Gasteiger partial charge on any atom is -0.296 e. The number of aromatic nitrogens is 4. The van der Waals surface area contributed by atoms with Crippen molar-refractivity contribution in [1.29, 1.82) is 0 Å². The molecule has 0 radical (unpaired) electrons. The van der Waals surface area contributed by atoms with Gasteiger partial charge in [0.15, 0.2) is 22.6 Å². The average molecular weight is 236 g/mol. The Kier molecular flexibility index (Phi) is 2.69. The first-order valence-electron chi connectivity index (χ1n) is 4.40. The van der Waals surface area contributed by atoms with Crippen molar-refractivity contribution in [3.63, 3.8) is 0 Å². The van der Waals surface area contributed by atoms with E-state index in [-0.39, 0.29) is 22.4 Å². The van der Waals surface area contributed by atoms with Crippen molar-refractivity contribution in [2.24, 2.45) is 7.05 Å². The Morgan fingerprint density at radius 1 is 1.44 bits per heavy atom. The van der Waals surface area contributed by atoms with E-state index in [4.69, 9.17) is 0 Å². The third-order valence-corrected chi connectivity index (χ3v) is 2.80. The van der Waals surface area contributed by atoms with Crippen LogP contribution in [-0.2, 0) is 7.05 Å². The molecular weight excluding hydrogens is 228 g/mol. The van der Waals surface area contributed by atoms with E-state index in [1.165, 1.54) is 22.5 Å². The highest BCUT2D eigenvalue weighted by Crippen LogP contribution is 2.11. The zero-order valence-corrected chi connectivity index (χ0v) is 9.48. The molecular formula is C9H8N4O2S. The van der Waals surface area contributed by atoms with Gasteiger partial charge in [0.2, 0.25) is 0 Å². The summed E-state index contributed by atoms with van der Waals surface area (Å²) < 4.78 is 1.39. The van der Waals surface area contributed by atoms with Gasteiger partial charge in [-0.05, 0) is 6.26 Å². The first kappa shape index (κ1) is 10.7. The minimum absolute atomic E-state index is 0.116. The summed E-state index contributed by atoms with van der Waals surface area (Å²) in [7, 11) is 1.61. The number of hydrogen-bond acceptors (Lipinski definition) is 6. The number of hydrogen-bond donors (Lipinski definition) is 0. The first-order chi connectivity index (χ1) is 7.67. The predicted molar refractivity (Wildman–Crippen MR) is 59.7 cm³/mol. The summed E-state index contributed by atoms with van der Waals surface area (Å²) >= 11 is 1.35. The molecule has 0 amide bonds. The van der Waals surface area contributed by atoms with Crippen molar-refractivity contribution < 1.29 is 4.79 Å². The van der Waals surface area contributed by atoms with Crippen LogP contribution in [0.2, 0.25) is 0 Å². The van der Waals surface area contributed by atoms with Gasteiger partial charge in [-0.1, -0.05) is 11.8 Å². The highest BCUT2D eigenvalue weighted by molar-refractivity contribution is 7.98. The number of fused-ring (bicyclic) bond motifs is 1. The van der Waals surface area contributed by atoms with Crippen LogP contribution in [0.15, 0.2) is 16.1 Å². The molecule has 0 aromatic carbocycles. The molecule has 2 aromatic heterocycles. The largest absolute Gasteiger partial charge is 0.296 e. The molecule has 0 aliphatic carbocycles. The third kappa shape index (κ3) is 1.58. The normalized spacial score (nSPS) is 10.6. The SMILES string of the molecule is CSc1nc2ncc(C=O)nc2c(=O)n1C. The van der Waals surface area contributed by atoms with Crippen molar-refractivity contribution >= 4 is 29.2 Å². The summed E-state index contributed by atoms with van der Waals surface area (Å²) in [5.41, 5.74) is 0.205. The zero-order valence-electron chi connectivity index (χ0n) is 8.67. The first-order valence-corrected chi connectivity index (χ1v) is 5.62. The van der Waals surface area contributed by atoms with E-state index in [9.17, 15) is 9.59 Å². The van der Waals surface area contributed by atoms with Crippen LogP contribution in [0.1, 0.15) is 10.5 Å². The Labute approximate surface area is 94.7 Å².